The Balaban J connectivity index is 2.09. The summed E-state index contributed by atoms with van der Waals surface area (Å²) < 4.78 is 5.05. The Morgan fingerprint density at radius 2 is 1.95 bits per heavy atom. The molecule has 0 atom stereocenters. The monoisotopic (exact) mass is 289 g/mol. The summed E-state index contributed by atoms with van der Waals surface area (Å²) in [5, 5.41) is 7.64. The molecular formula is C16H23N3O2. The maximum atomic E-state index is 12.3. The highest BCUT2D eigenvalue weighted by molar-refractivity contribution is 5.96. The number of aromatic nitrogens is 2. The van der Waals surface area contributed by atoms with Crippen LogP contribution in [-0.2, 0) is 0 Å². The molecule has 5 heteroatoms. The van der Waals surface area contributed by atoms with E-state index in [0.717, 1.165) is 11.1 Å². The van der Waals surface area contributed by atoms with Crippen LogP contribution in [0.25, 0.3) is 11.1 Å². The molecular weight excluding hydrogens is 266 g/mol. The quantitative estimate of drug-likeness (QED) is 0.918. The Bertz CT molecular complexity index is 623. The lowest BCUT2D eigenvalue weighted by atomic mass is 9.85. The highest BCUT2D eigenvalue weighted by Gasteiger charge is 2.19. The summed E-state index contributed by atoms with van der Waals surface area (Å²) in [7, 11) is 0. The lowest BCUT2D eigenvalue weighted by Crippen LogP contribution is -2.34. The molecule has 21 heavy (non-hydrogen) atoms. The Morgan fingerprint density at radius 3 is 2.57 bits per heavy atom. The minimum absolute atomic E-state index is 0.101. The number of hydrogen-bond acceptors (Lipinski definition) is 4. The normalized spacial score (nSPS) is 11.8. The number of nitrogens with one attached hydrogen (secondary N) is 1. The van der Waals surface area contributed by atoms with Crippen molar-refractivity contribution in [2.75, 3.05) is 6.54 Å². The van der Waals surface area contributed by atoms with Crippen LogP contribution >= 0.6 is 0 Å². The summed E-state index contributed by atoms with van der Waals surface area (Å²) in [5.41, 5.74) is 1.75. The fourth-order valence-electron chi connectivity index (χ4n) is 2.62. The van der Waals surface area contributed by atoms with Gasteiger partial charge in [0.25, 0.3) is 11.6 Å². The van der Waals surface area contributed by atoms with Gasteiger partial charge in [0.15, 0.2) is 0 Å². The predicted octanol–water partition coefficient (Wildman–Crippen LogP) is 3.19. The van der Waals surface area contributed by atoms with Gasteiger partial charge in [-0.1, -0.05) is 32.9 Å². The number of hydrogen-bond donors (Lipinski definition) is 1. The Morgan fingerprint density at radius 1 is 1.29 bits per heavy atom. The second-order valence-electron chi connectivity index (χ2n) is 6.21. The maximum Gasteiger partial charge on any atom is 0.257 e. The number of carbonyl (C=O) groups is 1. The molecule has 0 saturated carbocycles. The van der Waals surface area contributed by atoms with Crippen molar-refractivity contribution in [2.24, 2.45) is 17.8 Å². The molecule has 0 aliphatic rings. The Kier molecular flexibility index (Phi) is 4.60. The van der Waals surface area contributed by atoms with Gasteiger partial charge < -0.3 is 9.84 Å². The molecule has 1 amide bonds. The summed E-state index contributed by atoms with van der Waals surface area (Å²) in [6.07, 6.45) is 1.53. The molecule has 0 radical (unpaired) electrons. The molecule has 0 spiro atoms. The van der Waals surface area contributed by atoms with E-state index in [1.807, 2.05) is 6.92 Å². The molecule has 0 aliphatic heterocycles. The van der Waals surface area contributed by atoms with E-state index in [0.29, 0.717) is 35.6 Å². The van der Waals surface area contributed by atoms with E-state index >= 15 is 0 Å². The van der Waals surface area contributed by atoms with Gasteiger partial charge in [-0.2, -0.15) is 0 Å². The fraction of sp³-hybridized carbons (Fsp3) is 0.562. The second kappa shape index (κ2) is 6.24. The number of amides is 1. The molecule has 114 valence electrons. The summed E-state index contributed by atoms with van der Waals surface area (Å²) in [4.78, 5) is 16.4. The lowest BCUT2D eigenvalue weighted by Gasteiger charge is -2.25. The average Bonchev–Trinajstić information content (AvgIpc) is 2.79. The molecule has 2 aromatic heterocycles. The topological polar surface area (TPSA) is 68.0 Å². The molecule has 0 unspecified atom stereocenters. The molecule has 2 aromatic rings. The maximum absolute atomic E-state index is 12.3. The summed E-state index contributed by atoms with van der Waals surface area (Å²) in [5.74, 6) is 1.43. The first-order valence-corrected chi connectivity index (χ1v) is 7.40. The van der Waals surface area contributed by atoms with Crippen molar-refractivity contribution in [3.63, 3.8) is 0 Å². The Labute approximate surface area is 125 Å². The Hall–Kier alpha value is -1.91. The van der Waals surface area contributed by atoms with E-state index in [1.165, 1.54) is 6.20 Å². The fourth-order valence-corrected chi connectivity index (χ4v) is 2.62. The van der Waals surface area contributed by atoms with Crippen molar-refractivity contribution in [2.45, 2.75) is 34.6 Å². The first kappa shape index (κ1) is 15.5. The molecule has 2 rings (SSSR count). The average molecular weight is 289 g/mol. The number of carbonyl (C=O) groups excluding carboxylic acids is 1. The van der Waals surface area contributed by atoms with Gasteiger partial charge in [-0.15, -0.1) is 0 Å². The highest BCUT2D eigenvalue weighted by Crippen LogP contribution is 2.20. The summed E-state index contributed by atoms with van der Waals surface area (Å²) in [6.45, 7) is 11.3. The minimum atomic E-state index is -0.101. The van der Waals surface area contributed by atoms with Crippen LogP contribution < -0.4 is 5.32 Å². The third-order valence-electron chi connectivity index (χ3n) is 3.98. The zero-order chi connectivity index (χ0) is 15.6. The number of rotatable bonds is 5. The van der Waals surface area contributed by atoms with Gasteiger partial charge in [0, 0.05) is 12.7 Å². The van der Waals surface area contributed by atoms with Gasteiger partial charge in [-0.05, 0) is 30.7 Å². The molecule has 0 bridgehead atoms. The predicted molar refractivity (Wildman–Crippen MR) is 82.0 cm³/mol. The van der Waals surface area contributed by atoms with Crippen LogP contribution in [0.4, 0.5) is 0 Å². The van der Waals surface area contributed by atoms with E-state index in [4.69, 9.17) is 4.52 Å². The van der Waals surface area contributed by atoms with Crippen molar-refractivity contribution in [1.29, 1.82) is 0 Å². The third-order valence-corrected chi connectivity index (χ3v) is 3.98. The number of aryl methyl sites for hydroxylation is 1. The number of pyridine rings is 1. The third kappa shape index (κ3) is 3.40. The van der Waals surface area contributed by atoms with Gasteiger partial charge in [0.05, 0.1) is 16.6 Å². The molecule has 0 aromatic carbocycles. The summed E-state index contributed by atoms with van der Waals surface area (Å²) in [6, 6.07) is 1.78. The van der Waals surface area contributed by atoms with E-state index in [9.17, 15) is 4.79 Å². The van der Waals surface area contributed by atoms with E-state index in [1.54, 1.807) is 6.07 Å². The van der Waals surface area contributed by atoms with Crippen LogP contribution in [0.5, 0.6) is 0 Å². The van der Waals surface area contributed by atoms with Crippen LogP contribution in [0.2, 0.25) is 0 Å². The van der Waals surface area contributed by atoms with Gasteiger partial charge in [0.1, 0.15) is 0 Å². The molecule has 2 heterocycles. The van der Waals surface area contributed by atoms with Crippen molar-refractivity contribution < 1.29 is 9.32 Å². The van der Waals surface area contributed by atoms with E-state index < -0.39 is 0 Å². The smallest absolute Gasteiger partial charge is 0.257 e. The molecule has 1 N–H and O–H groups in total. The minimum Gasteiger partial charge on any atom is -0.352 e. The zero-order valence-electron chi connectivity index (χ0n) is 13.3. The van der Waals surface area contributed by atoms with Crippen molar-refractivity contribution in [1.82, 2.24) is 15.5 Å². The molecule has 0 aliphatic carbocycles. The van der Waals surface area contributed by atoms with Crippen LogP contribution in [0.1, 0.15) is 43.7 Å². The van der Waals surface area contributed by atoms with Crippen molar-refractivity contribution >= 4 is 17.0 Å². The van der Waals surface area contributed by atoms with Gasteiger partial charge >= 0.3 is 0 Å². The molecule has 0 fully saturated rings. The van der Waals surface area contributed by atoms with Crippen molar-refractivity contribution in [3.05, 3.63) is 23.5 Å². The van der Waals surface area contributed by atoms with Crippen molar-refractivity contribution in [3.8, 4) is 0 Å². The SMILES string of the molecule is Cc1noc2ncc(C(=O)NCC(C(C)C)C(C)C)cc12. The second-order valence-corrected chi connectivity index (χ2v) is 6.21. The molecule has 5 nitrogen and oxygen atoms in total. The van der Waals surface area contributed by atoms with Crippen LogP contribution in [0.15, 0.2) is 16.8 Å². The van der Waals surface area contributed by atoms with Gasteiger partial charge in [-0.3, -0.25) is 4.79 Å². The van der Waals surface area contributed by atoms with Gasteiger partial charge in [-0.25, -0.2) is 4.98 Å². The first-order chi connectivity index (χ1) is 9.90. The largest absolute Gasteiger partial charge is 0.352 e. The number of fused-ring (bicyclic) bond motifs is 1. The van der Waals surface area contributed by atoms with Gasteiger partial charge in [0.2, 0.25) is 0 Å². The number of nitrogens with zero attached hydrogens (tertiary/aromatic N) is 2. The first-order valence-electron chi connectivity index (χ1n) is 7.40. The van der Waals surface area contributed by atoms with E-state index in [-0.39, 0.29) is 5.91 Å². The standard InChI is InChI=1S/C16H23N3O2/c1-9(2)14(10(3)4)8-17-15(20)12-6-13-11(5)19-21-16(13)18-7-12/h6-7,9-10,14H,8H2,1-5H3,(H,17,20). The van der Waals surface area contributed by atoms with Crippen LogP contribution in [-0.4, -0.2) is 22.6 Å². The van der Waals surface area contributed by atoms with E-state index in [2.05, 4.69) is 43.2 Å². The zero-order valence-corrected chi connectivity index (χ0v) is 13.3. The van der Waals surface area contributed by atoms with Crippen LogP contribution in [0.3, 0.4) is 0 Å². The van der Waals surface area contributed by atoms with Crippen LogP contribution in [0, 0.1) is 24.7 Å². The highest BCUT2D eigenvalue weighted by atomic mass is 16.5. The summed E-state index contributed by atoms with van der Waals surface area (Å²) >= 11 is 0. The lowest BCUT2D eigenvalue weighted by molar-refractivity contribution is 0.0937. The molecule has 0 saturated heterocycles.